The lowest BCUT2D eigenvalue weighted by atomic mass is 9.98. The summed E-state index contributed by atoms with van der Waals surface area (Å²) >= 11 is 0. The average molecular weight is 251 g/mol. The lowest BCUT2D eigenvalue weighted by Crippen LogP contribution is -2.64. The second-order valence-electron chi connectivity index (χ2n) is 4.86. The highest BCUT2D eigenvalue weighted by Gasteiger charge is 2.42. The van der Waals surface area contributed by atoms with Crippen LogP contribution in [0.2, 0.25) is 0 Å². The molecule has 2 heterocycles. The smallest absolute Gasteiger partial charge is 0.248 e. The van der Waals surface area contributed by atoms with Gasteiger partial charge in [0.25, 0.3) is 0 Å². The zero-order chi connectivity index (χ0) is 13.3. The van der Waals surface area contributed by atoms with Crippen molar-refractivity contribution < 1.29 is 9.59 Å². The van der Waals surface area contributed by atoms with Gasteiger partial charge in [-0.3, -0.25) is 9.59 Å². The van der Waals surface area contributed by atoms with Crippen LogP contribution < -0.4 is 5.32 Å². The van der Waals surface area contributed by atoms with E-state index < -0.39 is 11.6 Å². The Balaban J connectivity index is 2.20. The Bertz CT molecular complexity index is 454. The van der Waals surface area contributed by atoms with Crippen molar-refractivity contribution in [3.63, 3.8) is 0 Å². The second kappa shape index (κ2) is 4.40. The summed E-state index contributed by atoms with van der Waals surface area (Å²) in [6.07, 6.45) is 2.89. The maximum absolute atomic E-state index is 12.4. The Kier molecular flexibility index (Phi) is 3.06. The van der Waals surface area contributed by atoms with Gasteiger partial charge in [-0.15, -0.1) is 0 Å². The fourth-order valence-corrected chi connectivity index (χ4v) is 2.04. The molecule has 0 bridgehead atoms. The van der Waals surface area contributed by atoms with E-state index in [0.717, 1.165) is 0 Å². The number of hydrogen-bond acceptors (Lipinski definition) is 4. The van der Waals surface area contributed by atoms with E-state index in [4.69, 9.17) is 0 Å². The highest BCUT2D eigenvalue weighted by atomic mass is 16.2. The minimum atomic E-state index is -0.829. The average Bonchev–Trinajstić information content (AvgIpc) is 2.84. The zero-order valence-electron chi connectivity index (χ0n) is 10.8. The maximum Gasteiger partial charge on any atom is 0.248 e. The second-order valence-corrected chi connectivity index (χ2v) is 4.86. The van der Waals surface area contributed by atoms with Crippen LogP contribution in [0.5, 0.6) is 0 Å². The van der Waals surface area contributed by atoms with Crippen LogP contribution in [-0.2, 0) is 9.59 Å². The number of amides is 2. The van der Waals surface area contributed by atoms with E-state index in [2.05, 4.69) is 15.4 Å². The predicted molar refractivity (Wildman–Crippen MR) is 63.5 cm³/mol. The normalized spacial score (nSPS) is 20.4. The molecule has 0 radical (unpaired) electrons. The molecule has 2 rings (SSSR count). The number of hydrogen-bond donors (Lipinski definition) is 1. The van der Waals surface area contributed by atoms with Crippen molar-refractivity contribution in [2.75, 3.05) is 13.1 Å². The van der Waals surface area contributed by atoms with Crippen LogP contribution in [0, 0.1) is 0 Å². The van der Waals surface area contributed by atoms with Gasteiger partial charge in [0.15, 0.2) is 0 Å². The Morgan fingerprint density at radius 3 is 2.89 bits per heavy atom. The number of nitrogens with one attached hydrogen (secondary N) is 1. The minimum absolute atomic E-state index is 0.125. The van der Waals surface area contributed by atoms with Gasteiger partial charge in [-0.05, 0) is 20.8 Å². The van der Waals surface area contributed by atoms with Crippen LogP contribution in [-0.4, -0.2) is 50.1 Å². The Labute approximate surface area is 105 Å². The third-order valence-electron chi connectivity index (χ3n) is 3.31. The number of nitrogens with zero attached hydrogens (tertiary/aromatic N) is 4. The molecule has 7 heteroatoms. The van der Waals surface area contributed by atoms with Gasteiger partial charge < -0.3 is 10.2 Å². The molecule has 0 aromatic carbocycles. The SMILES string of the molecule is CC(C(=O)N1CCNC(=O)C1(C)C)n1cncn1. The lowest BCUT2D eigenvalue weighted by molar-refractivity contribution is -0.151. The fraction of sp³-hybridized carbons (Fsp3) is 0.636. The summed E-state index contributed by atoms with van der Waals surface area (Å²) in [4.78, 5) is 29.6. The van der Waals surface area contributed by atoms with Gasteiger partial charge in [0.05, 0.1) is 0 Å². The highest BCUT2D eigenvalue weighted by Crippen LogP contribution is 2.21. The minimum Gasteiger partial charge on any atom is -0.352 e. The monoisotopic (exact) mass is 251 g/mol. The number of carbonyl (C=O) groups is 2. The summed E-state index contributed by atoms with van der Waals surface area (Å²) in [5.41, 5.74) is -0.829. The summed E-state index contributed by atoms with van der Waals surface area (Å²) in [6, 6.07) is -0.460. The molecule has 1 aliphatic heterocycles. The van der Waals surface area contributed by atoms with Crippen molar-refractivity contribution in [2.45, 2.75) is 32.4 Å². The van der Waals surface area contributed by atoms with E-state index in [-0.39, 0.29) is 11.8 Å². The number of aromatic nitrogens is 3. The largest absolute Gasteiger partial charge is 0.352 e. The summed E-state index contributed by atoms with van der Waals surface area (Å²) < 4.78 is 1.49. The van der Waals surface area contributed by atoms with Crippen LogP contribution in [0.15, 0.2) is 12.7 Å². The van der Waals surface area contributed by atoms with Crippen LogP contribution in [0.1, 0.15) is 26.8 Å². The van der Waals surface area contributed by atoms with Gasteiger partial charge >= 0.3 is 0 Å². The molecule has 1 aliphatic rings. The zero-order valence-corrected chi connectivity index (χ0v) is 10.8. The van der Waals surface area contributed by atoms with Crippen LogP contribution in [0.25, 0.3) is 0 Å². The number of piperazine rings is 1. The van der Waals surface area contributed by atoms with Gasteiger partial charge in [-0.2, -0.15) is 5.10 Å². The maximum atomic E-state index is 12.4. The van der Waals surface area contributed by atoms with Crippen molar-refractivity contribution in [1.29, 1.82) is 0 Å². The first kappa shape index (κ1) is 12.5. The molecule has 0 saturated carbocycles. The number of carbonyl (C=O) groups excluding carboxylic acids is 2. The molecular weight excluding hydrogens is 234 g/mol. The van der Waals surface area contributed by atoms with Crippen molar-refractivity contribution >= 4 is 11.8 Å². The van der Waals surface area contributed by atoms with E-state index in [1.54, 1.807) is 25.7 Å². The number of rotatable bonds is 2. The summed E-state index contributed by atoms with van der Waals surface area (Å²) in [5, 5.41) is 6.72. The predicted octanol–water partition coefficient (Wildman–Crippen LogP) is -0.424. The Hall–Kier alpha value is -1.92. The summed E-state index contributed by atoms with van der Waals surface area (Å²) in [6.45, 7) is 6.23. The van der Waals surface area contributed by atoms with Gasteiger partial charge in [0, 0.05) is 13.1 Å². The van der Waals surface area contributed by atoms with Gasteiger partial charge in [0.1, 0.15) is 24.2 Å². The quantitative estimate of drug-likeness (QED) is 0.774. The molecule has 1 fully saturated rings. The third kappa shape index (κ3) is 1.96. The topological polar surface area (TPSA) is 80.1 Å². The molecule has 1 atom stereocenters. The first-order valence-electron chi connectivity index (χ1n) is 5.88. The van der Waals surface area contributed by atoms with Crippen LogP contribution in [0.3, 0.4) is 0 Å². The molecule has 1 N–H and O–H groups in total. The van der Waals surface area contributed by atoms with Crippen molar-refractivity contribution in [1.82, 2.24) is 25.0 Å². The Morgan fingerprint density at radius 1 is 1.56 bits per heavy atom. The Morgan fingerprint density at radius 2 is 2.28 bits per heavy atom. The molecule has 0 aliphatic carbocycles. The standard InChI is InChI=1S/C11H17N5O2/c1-8(16-7-12-6-14-16)9(17)15-5-4-13-10(18)11(15,2)3/h6-8H,4-5H2,1-3H3,(H,13,18). The van der Waals surface area contributed by atoms with E-state index in [1.165, 1.54) is 17.3 Å². The van der Waals surface area contributed by atoms with E-state index >= 15 is 0 Å². The van der Waals surface area contributed by atoms with Crippen molar-refractivity contribution in [3.05, 3.63) is 12.7 Å². The van der Waals surface area contributed by atoms with Crippen LogP contribution >= 0.6 is 0 Å². The lowest BCUT2D eigenvalue weighted by Gasteiger charge is -2.42. The summed E-state index contributed by atoms with van der Waals surface area (Å²) in [5.74, 6) is -0.256. The molecule has 1 saturated heterocycles. The van der Waals surface area contributed by atoms with Gasteiger partial charge in [0.2, 0.25) is 11.8 Å². The first-order chi connectivity index (χ1) is 8.44. The molecule has 0 spiro atoms. The van der Waals surface area contributed by atoms with Gasteiger partial charge in [-0.1, -0.05) is 0 Å². The first-order valence-corrected chi connectivity index (χ1v) is 5.88. The third-order valence-corrected chi connectivity index (χ3v) is 3.31. The van der Waals surface area contributed by atoms with Crippen LogP contribution in [0.4, 0.5) is 0 Å². The molecular formula is C11H17N5O2. The molecule has 1 unspecified atom stereocenters. The van der Waals surface area contributed by atoms with E-state index in [9.17, 15) is 9.59 Å². The van der Waals surface area contributed by atoms with Crippen molar-refractivity contribution in [2.24, 2.45) is 0 Å². The molecule has 18 heavy (non-hydrogen) atoms. The molecule has 1 aromatic heterocycles. The van der Waals surface area contributed by atoms with E-state index in [1.807, 2.05) is 0 Å². The van der Waals surface area contributed by atoms with E-state index in [0.29, 0.717) is 13.1 Å². The fourth-order valence-electron chi connectivity index (χ4n) is 2.04. The van der Waals surface area contributed by atoms with Gasteiger partial charge in [-0.25, -0.2) is 9.67 Å². The molecule has 98 valence electrons. The molecule has 1 aromatic rings. The highest BCUT2D eigenvalue weighted by molar-refractivity contribution is 5.92. The summed E-state index contributed by atoms with van der Waals surface area (Å²) in [7, 11) is 0. The molecule has 2 amide bonds. The molecule has 7 nitrogen and oxygen atoms in total. The van der Waals surface area contributed by atoms with Crippen molar-refractivity contribution in [3.8, 4) is 0 Å².